The van der Waals surface area contributed by atoms with Crippen LogP contribution >= 0.6 is 15.9 Å². The molecule has 0 radical (unpaired) electrons. The van der Waals surface area contributed by atoms with Crippen molar-refractivity contribution in [3.05, 3.63) is 64.2 Å². The highest BCUT2D eigenvalue weighted by Gasteiger charge is 2.23. The van der Waals surface area contributed by atoms with Crippen molar-refractivity contribution in [2.75, 3.05) is 33.4 Å². The normalized spacial score (nSPS) is 16.5. The molecule has 0 bridgehead atoms. The van der Waals surface area contributed by atoms with Crippen molar-refractivity contribution in [3.63, 3.8) is 0 Å². The van der Waals surface area contributed by atoms with E-state index >= 15 is 0 Å². The quantitative estimate of drug-likeness (QED) is 0.468. The van der Waals surface area contributed by atoms with E-state index in [4.69, 9.17) is 9.47 Å². The van der Waals surface area contributed by atoms with E-state index < -0.39 is 5.97 Å². The van der Waals surface area contributed by atoms with Gasteiger partial charge in [-0.05, 0) is 45.8 Å². The molecule has 1 saturated heterocycles. The number of nitrogens with zero attached hydrogens (tertiary/aromatic N) is 2. The molecule has 2 aromatic rings. The van der Waals surface area contributed by atoms with Crippen LogP contribution in [0.2, 0.25) is 0 Å². The largest absolute Gasteiger partial charge is 0.489 e. The Bertz CT molecular complexity index is 953. The highest BCUT2D eigenvalue weighted by molar-refractivity contribution is 9.10. The first kappa shape index (κ1) is 21.9. The van der Waals surface area contributed by atoms with Gasteiger partial charge in [-0.25, -0.2) is 9.18 Å². The fraction of sp³-hybridized carbons (Fsp3) is 0.286. The number of hydrogen-bond acceptors (Lipinski definition) is 6. The van der Waals surface area contributed by atoms with Gasteiger partial charge in [-0.1, -0.05) is 6.07 Å². The second-order valence-electron chi connectivity index (χ2n) is 6.50. The fourth-order valence-electron chi connectivity index (χ4n) is 2.83. The van der Waals surface area contributed by atoms with Gasteiger partial charge in [-0.3, -0.25) is 9.78 Å². The van der Waals surface area contributed by atoms with Crippen LogP contribution in [0.5, 0.6) is 5.75 Å². The minimum atomic E-state index is -0.501. The monoisotopic (exact) mass is 478 g/mol. The predicted molar refractivity (Wildman–Crippen MR) is 111 cm³/mol. The molecule has 1 aliphatic rings. The molecule has 1 amide bonds. The molecule has 3 rings (SSSR count). The molecule has 1 atom stereocenters. The first-order valence-electron chi connectivity index (χ1n) is 9.16. The smallest absolute Gasteiger partial charge is 0.339 e. The fourth-order valence-corrected chi connectivity index (χ4v) is 3.22. The van der Waals surface area contributed by atoms with E-state index in [0.29, 0.717) is 35.5 Å². The molecular weight excluding hydrogens is 459 g/mol. The van der Waals surface area contributed by atoms with Crippen molar-refractivity contribution in [2.24, 2.45) is 0 Å². The van der Waals surface area contributed by atoms with Gasteiger partial charge >= 0.3 is 5.97 Å². The number of rotatable bonds is 6. The summed E-state index contributed by atoms with van der Waals surface area (Å²) in [5.74, 6) is -0.620. The van der Waals surface area contributed by atoms with E-state index in [-0.39, 0.29) is 30.0 Å². The van der Waals surface area contributed by atoms with Crippen LogP contribution in [-0.4, -0.2) is 61.3 Å². The Balaban J connectivity index is 1.54. The number of carbonyl (C=O) groups excluding carboxylic acids is 2. The Morgan fingerprint density at radius 1 is 1.37 bits per heavy atom. The molecule has 2 heterocycles. The highest BCUT2D eigenvalue weighted by Crippen LogP contribution is 2.18. The summed E-state index contributed by atoms with van der Waals surface area (Å²) < 4.78 is 29.6. The van der Waals surface area contributed by atoms with Crippen molar-refractivity contribution < 1.29 is 28.2 Å². The lowest BCUT2D eigenvalue weighted by molar-refractivity contribution is -0.134. The number of amides is 1. The number of pyridine rings is 1. The zero-order valence-corrected chi connectivity index (χ0v) is 17.8. The van der Waals surface area contributed by atoms with Crippen LogP contribution in [0.3, 0.4) is 0 Å². The van der Waals surface area contributed by atoms with Crippen LogP contribution in [-0.2, 0) is 14.3 Å². The van der Waals surface area contributed by atoms with Gasteiger partial charge in [0.05, 0.1) is 36.5 Å². The number of methoxy groups -OCH3 is 1. The third-order valence-corrected chi connectivity index (χ3v) is 4.99. The molecule has 9 heteroatoms. The molecule has 0 saturated carbocycles. The topological polar surface area (TPSA) is 78.0 Å². The summed E-state index contributed by atoms with van der Waals surface area (Å²) in [6.07, 6.45) is 5.64. The Kier molecular flexibility index (Phi) is 7.53. The number of halogens is 2. The van der Waals surface area contributed by atoms with Gasteiger partial charge < -0.3 is 19.1 Å². The van der Waals surface area contributed by atoms with Crippen LogP contribution in [0.15, 0.2) is 47.2 Å². The van der Waals surface area contributed by atoms with E-state index in [9.17, 15) is 14.0 Å². The number of esters is 1. The van der Waals surface area contributed by atoms with Crippen LogP contribution in [0.25, 0.3) is 6.08 Å². The molecule has 1 aromatic carbocycles. The van der Waals surface area contributed by atoms with Crippen molar-refractivity contribution in [3.8, 4) is 5.75 Å². The van der Waals surface area contributed by atoms with Crippen LogP contribution in [0.4, 0.5) is 4.39 Å². The Morgan fingerprint density at radius 2 is 2.20 bits per heavy atom. The number of carbonyl (C=O) groups is 2. The number of morpholine rings is 1. The van der Waals surface area contributed by atoms with Gasteiger partial charge in [0, 0.05) is 18.8 Å². The molecule has 1 fully saturated rings. The third kappa shape index (κ3) is 5.87. The predicted octanol–water partition coefficient (Wildman–Crippen LogP) is 3.09. The van der Waals surface area contributed by atoms with Gasteiger partial charge in [0.1, 0.15) is 24.3 Å². The standard InChI is InChI=1S/C21H20BrFN2O5/c1-28-21(27)15-9-16(11-24-10-15)30-13-17-12-25(6-7-29-17)20(26)5-3-14-2-4-19(23)18(22)8-14/h2-5,8-11,17H,6-7,12-13H2,1H3. The van der Waals surface area contributed by atoms with Crippen molar-refractivity contribution in [1.82, 2.24) is 9.88 Å². The van der Waals surface area contributed by atoms with Gasteiger partial charge in [-0.2, -0.15) is 0 Å². The molecule has 0 aliphatic carbocycles. The lowest BCUT2D eigenvalue weighted by atomic mass is 10.2. The Morgan fingerprint density at radius 3 is 2.97 bits per heavy atom. The maximum Gasteiger partial charge on any atom is 0.339 e. The number of hydrogen-bond donors (Lipinski definition) is 0. The summed E-state index contributed by atoms with van der Waals surface area (Å²) in [6.45, 7) is 1.41. The molecule has 158 valence electrons. The minimum absolute atomic E-state index is 0.168. The summed E-state index contributed by atoms with van der Waals surface area (Å²) in [6, 6.07) is 6.07. The van der Waals surface area contributed by atoms with E-state index in [2.05, 4.69) is 25.7 Å². The second kappa shape index (κ2) is 10.3. The van der Waals surface area contributed by atoms with E-state index in [1.807, 2.05) is 0 Å². The molecular formula is C21H20BrFN2O5. The van der Waals surface area contributed by atoms with Crippen molar-refractivity contribution in [1.29, 1.82) is 0 Å². The second-order valence-corrected chi connectivity index (χ2v) is 7.35. The third-order valence-electron chi connectivity index (χ3n) is 4.38. The van der Waals surface area contributed by atoms with Crippen LogP contribution in [0.1, 0.15) is 15.9 Å². The summed E-state index contributed by atoms with van der Waals surface area (Å²) in [4.78, 5) is 29.7. The zero-order chi connectivity index (χ0) is 21.5. The first-order valence-corrected chi connectivity index (χ1v) is 9.95. The van der Waals surface area contributed by atoms with Crippen molar-refractivity contribution in [2.45, 2.75) is 6.10 Å². The summed E-state index contributed by atoms with van der Waals surface area (Å²) >= 11 is 3.13. The van der Waals surface area contributed by atoms with E-state index in [1.165, 1.54) is 37.7 Å². The molecule has 0 N–H and O–H groups in total. The average Bonchev–Trinajstić information content (AvgIpc) is 2.78. The number of benzene rings is 1. The molecule has 30 heavy (non-hydrogen) atoms. The van der Waals surface area contributed by atoms with Gasteiger partial charge in [0.2, 0.25) is 5.91 Å². The lowest BCUT2D eigenvalue weighted by Gasteiger charge is -2.32. The lowest BCUT2D eigenvalue weighted by Crippen LogP contribution is -2.47. The van der Waals surface area contributed by atoms with Crippen LogP contribution in [0, 0.1) is 5.82 Å². The average molecular weight is 479 g/mol. The molecule has 1 aromatic heterocycles. The minimum Gasteiger partial charge on any atom is -0.489 e. The Labute approximate surface area is 181 Å². The molecule has 1 aliphatic heterocycles. The van der Waals surface area contributed by atoms with E-state index in [1.54, 1.807) is 23.1 Å². The van der Waals surface area contributed by atoms with Gasteiger partial charge in [-0.15, -0.1) is 0 Å². The van der Waals surface area contributed by atoms with E-state index in [0.717, 1.165) is 0 Å². The van der Waals surface area contributed by atoms with Gasteiger partial charge in [0.25, 0.3) is 0 Å². The maximum absolute atomic E-state index is 13.3. The summed E-state index contributed by atoms with van der Waals surface area (Å²) in [5, 5.41) is 0. The molecule has 7 nitrogen and oxygen atoms in total. The summed E-state index contributed by atoms with van der Waals surface area (Å²) in [7, 11) is 1.29. The first-order chi connectivity index (χ1) is 14.5. The molecule has 0 spiro atoms. The SMILES string of the molecule is COC(=O)c1cncc(OCC2CN(C(=O)C=Cc3ccc(F)c(Br)c3)CCO2)c1. The zero-order valence-electron chi connectivity index (χ0n) is 16.2. The highest BCUT2D eigenvalue weighted by atomic mass is 79.9. The number of aromatic nitrogens is 1. The summed E-state index contributed by atoms with van der Waals surface area (Å²) in [5.41, 5.74) is 0.997. The Hall–Kier alpha value is -2.78. The number of ether oxygens (including phenoxy) is 3. The molecule has 1 unspecified atom stereocenters. The van der Waals surface area contributed by atoms with Gasteiger partial charge in [0.15, 0.2) is 0 Å². The van der Waals surface area contributed by atoms with Crippen LogP contribution < -0.4 is 4.74 Å². The van der Waals surface area contributed by atoms with Crippen molar-refractivity contribution >= 4 is 33.9 Å². The maximum atomic E-state index is 13.3.